The number of quaternary nitrogens is 1. The van der Waals surface area contributed by atoms with Gasteiger partial charge < -0.3 is 10.2 Å². The van der Waals surface area contributed by atoms with Gasteiger partial charge >= 0.3 is 0 Å². The molecule has 2 aromatic rings. The molecule has 1 aromatic heterocycles. The number of benzene rings is 1. The van der Waals surface area contributed by atoms with E-state index in [4.69, 9.17) is 12.2 Å². The molecule has 1 saturated heterocycles. The summed E-state index contributed by atoms with van der Waals surface area (Å²) in [7, 11) is 4.12. The lowest BCUT2D eigenvalue weighted by atomic mass is 10.0. The van der Waals surface area contributed by atoms with Gasteiger partial charge in [0.1, 0.15) is 6.04 Å². The lowest BCUT2D eigenvalue weighted by Gasteiger charge is -2.16. The van der Waals surface area contributed by atoms with Crippen molar-refractivity contribution in [2.75, 3.05) is 27.2 Å². The first kappa shape index (κ1) is 17.6. The number of hydrogen-bond acceptors (Lipinski definition) is 3. The molecule has 1 aromatic carbocycles. The maximum Gasteiger partial charge on any atom is 0.256 e. The minimum atomic E-state index is -0.456. The minimum absolute atomic E-state index is 0.00469. The molecule has 1 aliphatic heterocycles. The van der Waals surface area contributed by atoms with Crippen molar-refractivity contribution < 1.29 is 9.69 Å². The number of para-hydroxylation sites is 1. The fourth-order valence-electron chi connectivity index (χ4n) is 3.15. The Morgan fingerprint density at radius 1 is 1.24 bits per heavy atom. The van der Waals surface area contributed by atoms with Crippen LogP contribution < -0.4 is 10.2 Å². The number of aromatic nitrogens is 2. The highest BCUT2D eigenvalue weighted by Gasteiger charge is 2.39. The van der Waals surface area contributed by atoms with Crippen LogP contribution in [0.3, 0.4) is 0 Å². The summed E-state index contributed by atoms with van der Waals surface area (Å²) in [6.45, 7) is 5.40. The lowest BCUT2D eigenvalue weighted by molar-refractivity contribution is -0.857. The molecule has 0 spiro atoms. The average molecular weight is 358 g/mol. The molecular weight excluding hydrogens is 334 g/mol. The highest BCUT2D eigenvalue weighted by atomic mass is 32.1. The van der Waals surface area contributed by atoms with Crippen LogP contribution in [0.25, 0.3) is 5.69 Å². The number of nitrogens with zero attached hydrogens (tertiary/aromatic N) is 3. The number of rotatable bonds is 5. The second-order valence-corrected chi connectivity index (χ2v) is 7.05. The number of hydrogen-bond donors (Lipinski definition) is 2. The molecule has 0 unspecified atom stereocenters. The minimum Gasteiger partial charge on any atom is -0.347 e. The molecule has 7 heteroatoms. The number of carbonyl (C=O) groups excluding carboxylic acids is 1. The van der Waals surface area contributed by atoms with Gasteiger partial charge in [0.25, 0.3) is 5.91 Å². The molecule has 0 bridgehead atoms. The van der Waals surface area contributed by atoms with Crippen molar-refractivity contribution in [1.29, 1.82) is 0 Å². The third-order valence-electron chi connectivity index (χ3n) is 4.50. The molecule has 0 radical (unpaired) electrons. The first-order chi connectivity index (χ1) is 11.9. The van der Waals surface area contributed by atoms with Crippen molar-refractivity contribution in [3.05, 3.63) is 47.3 Å². The molecule has 1 fully saturated rings. The number of thiocarbonyl (C=S) groups is 1. The van der Waals surface area contributed by atoms with Gasteiger partial charge in [-0.15, -0.1) is 0 Å². The number of carbonyl (C=O) groups is 1. The van der Waals surface area contributed by atoms with Crippen molar-refractivity contribution in [3.63, 3.8) is 0 Å². The standard InChI is InChI=1S/C18H23N5OS/c1-12-15(13(2)23(20-12)14-8-6-5-7-9-14)16-17(24)22(18(25)19-16)11-10-21(3)4/h5-9,16H,10-11H2,1-4H3,(H,19,25)/p+1/t16-/m0/s1. The van der Waals surface area contributed by atoms with Crippen molar-refractivity contribution in [3.8, 4) is 5.69 Å². The van der Waals surface area contributed by atoms with Crippen LogP contribution in [0.15, 0.2) is 30.3 Å². The monoisotopic (exact) mass is 358 g/mol. The van der Waals surface area contributed by atoms with Gasteiger partial charge in [0.15, 0.2) is 5.11 Å². The summed E-state index contributed by atoms with van der Waals surface area (Å²) >= 11 is 5.39. The van der Waals surface area contributed by atoms with E-state index in [2.05, 4.69) is 24.5 Å². The molecule has 1 aliphatic rings. The van der Waals surface area contributed by atoms with E-state index in [1.54, 1.807) is 4.90 Å². The Kier molecular flexibility index (Phi) is 4.87. The number of likely N-dealkylation sites (N-methyl/N-ethyl adjacent to an activating group) is 1. The summed E-state index contributed by atoms with van der Waals surface area (Å²) in [5, 5.41) is 8.33. The van der Waals surface area contributed by atoms with E-state index >= 15 is 0 Å². The van der Waals surface area contributed by atoms with Gasteiger partial charge in [-0.3, -0.25) is 9.69 Å². The van der Waals surface area contributed by atoms with E-state index in [0.717, 1.165) is 29.2 Å². The maximum atomic E-state index is 12.9. The fourth-order valence-corrected chi connectivity index (χ4v) is 3.45. The summed E-state index contributed by atoms with van der Waals surface area (Å²) in [4.78, 5) is 15.9. The zero-order chi connectivity index (χ0) is 18.1. The molecule has 2 heterocycles. The van der Waals surface area contributed by atoms with E-state index in [0.29, 0.717) is 11.7 Å². The van der Waals surface area contributed by atoms with E-state index in [9.17, 15) is 4.79 Å². The van der Waals surface area contributed by atoms with Gasteiger partial charge in [0.2, 0.25) is 0 Å². The molecule has 132 valence electrons. The van der Waals surface area contributed by atoms with Gasteiger partial charge in [-0.05, 0) is 38.2 Å². The summed E-state index contributed by atoms with van der Waals surface area (Å²) in [5.41, 5.74) is 3.69. The SMILES string of the molecule is Cc1nn(-c2ccccc2)c(C)c1[C@@H]1NC(=S)N(CC[NH+](C)C)C1=O. The number of aryl methyl sites for hydroxylation is 1. The molecule has 1 atom stereocenters. The van der Waals surface area contributed by atoms with Crippen LogP contribution in [0.1, 0.15) is 23.0 Å². The molecule has 6 nitrogen and oxygen atoms in total. The molecular formula is C18H24N5OS+. The Morgan fingerprint density at radius 3 is 2.56 bits per heavy atom. The second-order valence-electron chi connectivity index (χ2n) is 6.66. The van der Waals surface area contributed by atoms with Crippen LogP contribution in [-0.2, 0) is 4.79 Å². The van der Waals surface area contributed by atoms with Gasteiger partial charge in [-0.2, -0.15) is 5.10 Å². The lowest BCUT2D eigenvalue weighted by Crippen LogP contribution is -3.06. The van der Waals surface area contributed by atoms with Gasteiger partial charge in [-0.1, -0.05) is 18.2 Å². The molecule has 25 heavy (non-hydrogen) atoms. The zero-order valence-electron chi connectivity index (χ0n) is 15.0. The van der Waals surface area contributed by atoms with E-state index in [1.165, 1.54) is 4.90 Å². The van der Waals surface area contributed by atoms with Crippen LogP contribution >= 0.6 is 12.2 Å². The van der Waals surface area contributed by atoms with Crippen molar-refractivity contribution in [2.24, 2.45) is 0 Å². The zero-order valence-corrected chi connectivity index (χ0v) is 15.9. The van der Waals surface area contributed by atoms with Gasteiger partial charge in [0.05, 0.1) is 38.6 Å². The third kappa shape index (κ3) is 3.29. The topological polar surface area (TPSA) is 54.6 Å². The summed E-state index contributed by atoms with van der Waals surface area (Å²) in [6.07, 6.45) is 0. The molecule has 0 saturated carbocycles. The highest BCUT2D eigenvalue weighted by Crippen LogP contribution is 2.28. The Hall–Kier alpha value is -2.25. The summed E-state index contributed by atoms with van der Waals surface area (Å²) in [5.74, 6) is 0.00469. The van der Waals surface area contributed by atoms with Gasteiger partial charge in [0, 0.05) is 11.3 Å². The number of nitrogens with one attached hydrogen (secondary N) is 2. The maximum absolute atomic E-state index is 12.9. The van der Waals surface area contributed by atoms with E-state index in [-0.39, 0.29) is 5.91 Å². The second kappa shape index (κ2) is 6.93. The number of amides is 1. The highest BCUT2D eigenvalue weighted by molar-refractivity contribution is 7.80. The molecule has 0 aliphatic carbocycles. The third-order valence-corrected chi connectivity index (χ3v) is 4.84. The Bertz CT molecular complexity index is 799. The van der Waals surface area contributed by atoms with Crippen LogP contribution in [0.2, 0.25) is 0 Å². The van der Waals surface area contributed by atoms with Crippen molar-refractivity contribution in [2.45, 2.75) is 19.9 Å². The predicted molar refractivity (Wildman–Crippen MR) is 101 cm³/mol. The largest absolute Gasteiger partial charge is 0.347 e. The van der Waals surface area contributed by atoms with E-state index < -0.39 is 6.04 Å². The smallest absolute Gasteiger partial charge is 0.256 e. The van der Waals surface area contributed by atoms with Crippen molar-refractivity contribution >= 4 is 23.2 Å². The van der Waals surface area contributed by atoms with Crippen LogP contribution in [0.5, 0.6) is 0 Å². The Balaban J connectivity index is 1.91. The predicted octanol–water partition coefficient (Wildman–Crippen LogP) is 0.391. The Morgan fingerprint density at radius 2 is 1.92 bits per heavy atom. The first-order valence-electron chi connectivity index (χ1n) is 8.42. The van der Waals surface area contributed by atoms with Crippen LogP contribution in [0, 0.1) is 13.8 Å². The summed E-state index contributed by atoms with van der Waals surface area (Å²) < 4.78 is 1.88. The van der Waals surface area contributed by atoms with Crippen molar-refractivity contribution in [1.82, 2.24) is 20.0 Å². The van der Waals surface area contributed by atoms with E-state index in [1.807, 2.05) is 48.9 Å². The van der Waals surface area contributed by atoms with Gasteiger partial charge in [-0.25, -0.2) is 4.68 Å². The quantitative estimate of drug-likeness (QED) is 0.760. The summed E-state index contributed by atoms with van der Waals surface area (Å²) in [6, 6.07) is 9.48. The Labute approximate surface area is 153 Å². The normalized spacial score (nSPS) is 17.5. The molecule has 2 N–H and O–H groups in total. The fraction of sp³-hybridized carbons (Fsp3) is 0.389. The molecule has 3 rings (SSSR count). The first-order valence-corrected chi connectivity index (χ1v) is 8.83. The molecule has 1 amide bonds. The van der Waals surface area contributed by atoms with Crippen LogP contribution in [-0.4, -0.2) is 52.9 Å². The average Bonchev–Trinajstić information content (AvgIpc) is 3.02. The van der Waals surface area contributed by atoms with Crippen LogP contribution in [0.4, 0.5) is 0 Å².